The van der Waals surface area contributed by atoms with Gasteiger partial charge in [0.25, 0.3) is 5.91 Å². The van der Waals surface area contributed by atoms with Gasteiger partial charge in [0.15, 0.2) is 0 Å². The Bertz CT molecular complexity index is 842. The van der Waals surface area contributed by atoms with Gasteiger partial charge in [-0.05, 0) is 85.1 Å². The second kappa shape index (κ2) is 6.67. The molecule has 1 N–H and O–H groups in total. The predicted octanol–water partition coefficient (Wildman–Crippen LogP) is 4.19. The van der Waals surface area contributed by atoms with Crippen LogP contribution in [0.2, 0.25) is 5.02 Å². The Labute approximate surface area is 165 Å². The zero-order valence-corrected chi connectivity index (χ0v) is 16.9. The Hall–Kier alpha value is -0.920. The number of nitrogens with zero attached hydrogens (tertiary/aromatic N) is 2. The van der Waals surface area contributed by atoms with E-state index in [4.69, 9.17) is 11.6 Å². The summed E-state index contributed by atoms with van der Waals surface area (Å²) < 4.78 is 2.42. The number of benzene rings is 1. The van der Waals surface area contributed by atoms with Gasteiger partial charge in [-0.15, -0.1) is 0 Å². The molecule has 0 spiro atoms. The average Bonchev–Trinajstić information content (AvgIpc) is 3.38. The molecule has 0 aliphatic heterocycles. The highest BCUT2D eigenvalue weighted by Crippen LogP contribution is 2.43. The summed E-state index contributed by atoms with van der Waals surface area (Å²) in [4.78, 5) is 13.3. The van der Waals surface area contributed by atoms with Crippen LogP contribution in [0.3, 0.4) is 0 Å². The van der Waals surface area contributed by atoms with Crippen LogP contribution in [0, 0.1) is 9.62 Å². The number of halogens is 2. The minimum absolute atomic E-state index is 0.141. The van der Waals surface area contributed by atoms with E-state index < -0.39 is 0 Å². The van der Waals surface area contributed by atoms with E-state index in [9.17, 15) is 9.90 Å². The lowest BCUT2D eigenvalue weighted by Crippen LogP contribution is -2.28. The number of hydrogen-bond donors (Lipinski definition) is 1. The van der Waals surface area contributed by atoms with Crippen molar-refractivity contribution in [3.63, 3.8) is 0 Å². The smallest absolute Gasteiger partial charge is 0.280 e. The van der Waals surface area contributed by atoms with Crippen molar-refractivity contribution < 1.29 is 9.90 Å². The Morgan fingerprint density at radius 2 is 2.16 bits per heavy atom. The molecule has 0 radical (unpaired) electrons. The molecule has 2 unspecified atom stereocenters. The van der Waals surface area contributed by atoms with E-state index in [-0.39, 0.29) is 17.9 Å². The van der Waals surface area contributed by atoms with E-state index >= 15 is 0 Å². The zero-order chi connectivity index (χ0) is 17.7. The first kappa shape index (κ1) is 17.5. The molecule has 1 fully saturated rings. The van der Waals surface area contributed by atoms with Crippen LogP contribution in [0.15, 0.2) is 18.2 Å². The highest BCUT2D eigenvalue weighted by atomic mass is 127. The van der Waals surface area contributed by atoms with Crippen LogP contribution < -0.4 is 0 Å². The highest BCUT2D eigenvalue weighted by molar-refractivity contribution is 14.1. The number of hydrogen-bond acceptors (Lipinski definition) is 3. The summed E-state index contributed by atoms with van der Waals surface area (Å²) in [7, 11) is 0. The van der Waals surface area contributed by atoms with Crippen molar-refractivity contribution in [3.8, 4) is 0 Å². The molecule has 0 saturated heterocycles. The summed E-state index contributed by atoms with van der Waals surface area (Å²) in [6.07, 6.45) is 4.30. The lowest BCUT2D eigenvalue weighted by atomic mass is 9.85. The summed E-state index contributed by atoms with van der Waals surface area (Å²) >= 11 is 8.62. The number of carbonyl (C=O) groups is 1. The molecular formula is C19H20ClIN2O2. The number of aromatic nitrogens is 2. The van der Waals surface area contributed by atoms with Crippen LogP contribution in [0.5, 0.6) is 0 Å². The molecule has 1 heterocycles. The van der Waals surface area contributed by atoms with Gasteiger partial charge >= 0.3 is 0 Å². The predicted molar refractivity (Wildman–Crippen MR) is 105 cm³/mol. The topological polar surface area (TPSA) is 55.1 Å². The van der Waals surface area contributed by atoms with Gasteiger partial charge in [-0.3, -0.25) is 4.79 Å². The van der Waals surface area contributed by atoms with Crippen molar-refractivity contribution >= 4 is 40.1 Å². The Morgan fingerprint density at radius 3 is 2.84 bits per heavy atom. The number of rotatable bonds is 3. The molecule has 25 heavy (non-hydrogen) atoms. The second-order valence-corrected chi connectivity index (χ2v) is 8.58. The van der Waals surface area contributed by atoms with E-state index in [2.05, 4.69) is 27.7 Å². The minimum atomic E-state index is -0.383. The maximum atomic E-state index is 13.3. The molecule has 1 aromatic carbocycles. The summed E-state index contributed by atoms with van der Waals surface area (Å²) in [6, 6.07) is 5.70. The lowest BCUT2D eigenvalue weighted by Gasteiger charge is -2.25. The molecule has 4 rings (SSSR count). The number of fused-ring (bicyclic) bond motifs is 1. The van der Waals surface area contributed by atoms with Gasteiger partial charge < -0.3 is 5.11 Å². The van der Waals surface area contributed by atoms with Gasteiger partial charge in [0.1, 0.15) is 3.70 Å². The third kappa shape index (κ3) is 3.15. The van der Waals surface area contributed by atoms with Gasteiger partial charge in [-0.1, -0.05) is 23.7 Å². The SMILES string of the molecule is CC(O)C1CCc2c(I)nn(C(=O)c3c(Cl)cccc3C3CC3)c2C1. The van der Waals surface area contributed by atoms with Crippen LogP contribution in [-0.2, 0) is 12.8 Å². The maximum absolute atomic E-state index is 13.3. The van der Waals surface area contributed by atoms with Crippen LogP contribution in [0.4, 0.5) is 0 Å². The van der Waals surface area contributed by atoms with Gasteiger partial charge in [0.2, 0.25) is 0 Å². The van der Waals surface area contributed by atoms with Crippen molar-refractivity contribution in [2.45, 2.75) is 51.0 Å². The number of aliphatic hydroxyl groups is 1. The van der Waals surface area contributed by atoms with Gasteiger partial charge in [-0.2, -0.15) is 9.78 Å². The van der Waals surface area contributed by atoms with E-state index in [1.807, 2.05) is 19.1 Å². The highest BCUT2D eigenvalue weighted by Gasteiger charge is 2.33. The standard InChI is InChI=1S/C19H20ClIN2O2/c1-10(24)12-7-8-14-16(9-12)23(22-18(14)21)19(25)17-13(11-5-6-11)3-2-4-15(17)20/h2-4,10-12,24H,5-9H2,1H3. The first-order chi connectivity index (χ1) is 12.0. The Kier molecular flexibility index (Phi) is 4.67. The molecule has 2 aliphatic carbocycles. The average molecular weight is 471 g/mol. The fraction of sp³-hybridized carbons (Fsp3) is 0.474. The van der Waals surface area contributed by atoms with Gasteiger partial charge in [0.05, 0.1) is 22.4 Å². The molecule has 2 atom stereocenters. The first-order valence-corrected chi connectivity index (χ1v) is 10.2. The van der Waals surface area contributed by atoms with E-state index in [0.29, 0.717) is 22.9 Å². The maximum Gasteiger partial charge on any atom is 0.280 e. The van der Waals surface area contributed by atoms with Gasteiger partial charge in [-0.25, -0.2) is 0 Å². The Morgan fingerprint density at radius 1 is 1.40 bits per heavy atom. The molecule has 0 bridgehead atoms. The summed E-state index contributed by atoms with van der Waals surface area (Å²) in [5.74, 6) is 0.465. The summed E-state index contributed by atoms with van der Waals surface area (Å²) in [5, 5.41) is 15.0. The van der Waals surface area contributed by atoms with Crippen molar-refractivity contribution in [1.29, 1.82) is 0 Å². The van der Waals surface area contributed by atoms with Gasteiger partial charge in [0, 0.05) is 5.56 Å². The molecule has 6 heteroatoms. The first-order valence-electron chi connectivity index (χ1n) is 8.74. The zero-order valence-electron chi connectivity index (χ0n) is 14.0. The minimum Gasteiger partial charge on any atom is -0.393 e. The molecular weight excluding hydrogens is 451 g/mol. The molecule has 1 aromatic heterocycles. The van der Waals surface area contributed by atoms with Crippen LogP contribution in [0.25, 0.3) is 0 Å². The van der Waals surface area contributed by atoms with Crippen LogP contribution in [0.1, 0.15) is 59.3 Å². The monoisotopic (exact) mass is 470 g/mol. The fourth-order valence-electron chi connectivity index (χ4n) is 3.78. The van der Waals surface area contributed by atoms with Crippen molar-refractivity contribution in [2.24, 2.45) is 5.92 Å². The normalized spacial score (nSPS) is 21.0. The molecule has 4 nitrogen and oxygen atoms in total. The van der Waals surface area contributed by atoms with Crippen LogP contribution in [-0.4, -0.2) is 26.9 Å². The van der Waals surface area contributed by atoms with E-state index in [1.54, 1.807) is 10.7 Å². The fourth-order valence-corrected chi connectivity index (χ4v) is 4.84. The summed E-state index contributed by atoms with van der Waals surface area (Å²) in [6.45, 7) is 1.82. The molecule has 0 amide bonds. The largest absolute Gasteiger partial charge is 0.393 e. The number of carbonyl (C=O) groups excluding carboxylic acids is 1. The molecule has 2 aromatic rings. The Balaban J connectivity index is 1.78. The van der Waals surface area contributed by atoms with Crippen molar-refractivity contribution in [2.75, 3.05) is 0 Å². The van der Waals surface area contributed by atoms with Crippen molar-refractivity contribution in [1.82, 2.24) is 9.78 Å². The van der Waals surface area contributed by atoms with Crippen LogP contribution >= 0.6 is 34.2 Å². The second-order valence-electron chi connectivity index (χ2n) is 7.15. The van der Waals surface area contributed by atoms with E-state index in [1.165, 1.54) is 0 Å². The molecule has 132 valence electrons. The quantitative estimate of drug-likeness (QED) is 0.684. The van der Waals surface area contributed by atoms with Crippen molar-refractivity contribution in [3.05, 3.63) is 49.3 Å². The summed E-state index contributed by atoms with van der Waals surface area (Å²) in [5.41, 5.74) is 3.71. The number of aliphatic hydroxyl groups excluding tert-OH is 1. The lowest BCUT2D eigenvalue weighted by molar-refractivity contribution is 0.0924. The molecule has 2 aliphatic rings. The molecule has 1 saturated carbocycles. The third-order valence-corrected chi connectivity index (χ3v) is 6.59. The third-order valence-electron chi connectivity index (χ3n) is 5.41. The van der Waals surface area contributed by atoms with E-state index in [0.717, 1.165) is 46.2 Å².